The summed E-state index contributed by atoms with van der Waals surface area (Å²) in [6, 6.07) is 8.21. The predicted octanol–water partition coefficient (Wildman–Crippen LogP) is 3.48. The lowest BCUT2D eigenvalue weighted by Gasteiger charge is -2.01. The van der Waals surface area contributed by atoms with Gasteiger partial charge in [0, 0.05) is 9.79 Å². The van der Waals surface area contributed by atoms with Crippen molar-refractivity contribution in [3.05, 3.63) is 24.3 Å². The maximum atomic E-state index is 4.35. The van der Waals surface area contributed by atoms with Crippen LogP contribution in [0.25, 0.3) is 0 Å². The molecule has 0 aromatic heterocycles. The van der Waals surface area contributed by atoms with Crippen LogP contribution in [0.5, 0.6) is 0 Å². The Morgan fingerprint density at radius 3 is 2.73 bits per heavy atom. The molecule has 60 valence electrons. The third kappa shape index (κ3) is 2.80. The molecule has 0 unspecified atom stereocenters. The lowest BCUT2D eigenvalue weighted by molar-refractivity contribution is 1.10. The SMILES string of the molecule is CCCSc1ccccc1S. The molecule has 0 aliphatic carbocycles. The Morgan fingerprint density at radius 2 is 2.09 bits per heavy atom. The van der Waals surface area contributed by atoms with Crippen LogP contribution < -0.4 is 0 Å². The summed E-state index contributed by atoms with van der Waals surface area (Å²) in [4.78, 5) is 2.38. The van der Waals surface area contributed by atoms with Crippen LogP contribution in [0.1, 0.15) is 13.3 Å². The van der Waals surface area contributed by atoms with Gasteiger partial charge in [0.1, 0.15) is 0 Å². The fourth-order valence-electron chi connectivity index (χ4n) is 0.791. The first-order chi connectivity index (χ1) is 5.34. The summed E-state index contributed by atoms with van der Waals surface area (Å²) in [7, 11) is 0. The third-order valence-electron chi connectivity index (χ3n) is 1.33. The largest absolute Gasteiger partial charge is 0.142 e. The molecular weight excluding hydrogens is 172 g/mol. The molecule has 0 spiro atoms. The average molecular weight is 184 g/mol. The quantitative estimate of drug-likeness (QED) is 0.554. The fraction of sp³-hybridized carbons (Fsp3) is 0.333. The van der Waals surface area contributed by atoms with E-state index >= 15 is 0 Å². The van der Waals surface area contributed by atoms with Gasteiger partial charge in [-0.3, -0.25) is 0 Å². The smallest absolute Gasteiger partial charge is 0.0205 e. The molecule has 0 fully saturated rings. The van der Waals surface area contributed by atoms with Gasteiger partial charge in [-0.15, -0.1) is 24.4 Å². The maximum Gasteiger partial charge on any atom is 0.0205 e. The van der Waals surface area contributed by atoms with E-state index < -0.39 is 0 Å². The first-order valence-electron chi connectivity index (χ1n) is 3.75. The molecule has 0 atom stereocenters. The van der Waals surface area contributed by atoms with Crippen LogP contribution in [0.15, 0.2) is 34.1 Å². The molecule has 11 heavy (non-hydrogen) atoms. The molecule has 0 saturated heterocycles. The normalized spacial score (nSPS) is 10.0. The first-order valence-corrected chi connectivity index (χ1v) is 5.18. The molecule has 0 saturated carbocycles. The second kappa shape index (κ2) is 4.73. The van der Waals surface area contributed by atoms with Crippen LogP contribution in [0.2, 0.25) is 0 Å². The van der Waals surface area contributed by atoms with E-state index in [9.17, 15) is 0 Å². The standard InChI is InChI=1S/C9H12S2/c1-2-7-11-9-6-4-3-5-8(9)10/h3-6,10H,2,7H2,1H3. The molecule has 2 heteroatoms. The summed E-state index contributed by atoms with van der Waals surface area (Å²) in [6.07, 6.45) is 1.22. The minimum absolute atomic E-state index is 1.09. The highest BCUT2D eigenvalue weighted by atomic mass is 32.2. The van der Waals surface area contributed by atoms with Crippen molar-refractivity contribution in [1.29, 1.82) is 0 Å². The van der Waals surface area contributed by atoms with Gasteiger partial charge in [-0.05, 0) is 24.3 Å². The van der Waals surface area contributed by atoms with Gasteiger partial charge in [0.2, 0.25) is 0 Å². The second-order valence-electron chi connectivity index (χ2n) is 2.32. The minimum Gasteiger partial charge on any atom is -0.142 e. The fourth-order valence-corrected chi connectivity index (χ4v) is 1.96. The van der Waals surface area contributed by atoms with Gasteiger partial charge in [-0.1, -0.05) is 19.1 Å². The van der Waals surface area contributed by atoms with Gasteiger partial charge in [0.05, 0.1) is 0 Å². The Bertz CT molecular complexity index is 221. The van der Waals surface area contributed by atoms with Gasteiger partial charge in [0.15, 0.2) is 0 Å². The molecule has 0 amide bonds. The van der Waals surface area contributed by atoms with Crippen molar-refractivity contribution < 1.29 is 0 Å². The Balaban J connectivity index is 2.62. The van der Waals surface area contributed by atoms with E-state index in [1.165, 1.54) is 17.1 Å². The molecule has 0 aliphatic rings. The highest BCUT2D eigenvalue weighted by Gasteiger charge is 1.95. The lowest BCUT2D eigenvalue weighted by Crippen LogP contribution is -1.77. The molecule has 0 nitrogen and oxygen atoms in total. The molecule has 0 radical (unpaired) electrons. The van der Waals surface area contributed by atoms with Gasteiger partial charge < -0.3 is 0 Å². The second-order valence-corrected chi connectivity index (χ2v) is 3.93. The Kier molecular flexibility index (Phi) is 3.87. The number of rotatable bonds is 3. The van der Waals surface area contributed by atoms with Crippen LogP contribution in [0.4, 0.5) is 0 Å². The summed E-state index contributed by atoms with van der Waals surface area (Å²) < 4.78 is 0. The maximum absolute atomic E-state index is 4.35. The van der Waals surface area contributed by atoms with Crippen molar-refractivity contribution in [3.8, 4) is 0 Å². The molecule has 0 heterocycles. The van der Waals surface area contributed by atoms with E-state index in [4.69, 9.17) is 0 Å². The molecule has 1 rings (SSSR count). The van der Waals surface area contributed by atoms with E-state index in [-0.39, 0.29) is 0 Å². The summed E-state index contributed by atoms with van der Waals surface area (Å²) in [5, 5.41) is 0. The van der Waals surface area contributed by atoms with Crippen molar-refractivity contribution in [1.82, 2.24) is 0 Å². The Labute approximate surface area is 77.8 Å². The van der Waals surface area contributed by atoms with Crippen molar-refractivity contribution in [2.75, 3.05) is 5.75 Å². The summed E-state index contributed by atoms with van der Waals surface area (Å²) >= 11 is 6.22. The van der Waals surface area contributed by atoms with Gasteiger partial charge in [-0.2, -0.15) is 0 Å². The van der Waals surface area contributed by atoms with Gasteiger partial charge in [0.25, 0.3) is 0 Å². The first kappa shape index (κ1) is 9.01. The highest BCUT2D eigenvalue weighted by molar-refractivity contribution is 7.99. The van der Waals surface area contributed by atoms with Crippen molar-refractivity contribution in [3.63, 3.8) is 0 Å². The molecule has 1 aromatic rings. The van der Waals surface area contributed by atoms with Gasteiger partial charge in [-0.25, -0.2) is 0 Å². The van der Waals surface area contributed by atoms with Crippen LogP contribution in [-0.4, -0.2) is 5.75 Å². The van der Waals surface area contributed by atoms with E-state index in [0.29, 0.717) is 0 Å². The zero-order valence-corrected chi connectivity index (χ0v) is 8.29. The summed E-state index contributed by atoms with van der Waals surface area (Å²) in [5.41, 5.74) is 0. The van der Waals surface area contributed by atoms with Crippen LogP contribution in [0.3, 0.4) is 0 Å². The van der Waals surface area contributed by atoms with Crippen LogP contribution >= 0.6 is 24.4 Å². The number of thioether (sulfide) groups is 1. The third-order valence-corrected chi connectivity index (χ3v) is 3.15. The van der Waals surface area contributed by atoms with Crippen molar-refractivity contribution in [2.45, 2.75) is 23.1 Å². The average Bonchev–Trinajstić information content (AvgIpc) is 2.03. The Morgan fingerprint density at radius 1 is 1.36 bits per heavy atom. The minimum atomic E-state index is 1.09. The van der Waals surface area contributed by atoms with Crippen molar-refractivity contribution >= 4 is 24.4 Å². The number of thiol groups is 1. The van der Waals surface area contributed by atoms with E-state index in [1.807, 2.05) is 23.9 Å². The molecule has 0 aliphatic heterocycles. The molecular formula is C9H12S2. The number of benzene rings is 1. The Hall–Kier alpha value is -0.0800. The highest BCUT2D eigenvalue weighted by Crippen LogP contribution is 2.25. The molecule has 1 aromatic carbocycles. The van der Waals surface area contributed by atoms with E-state index in [1.54, 1.807) is 0 Å². The van der Waals surface area contributed by atoms with E-state index in [2.05, 4.69) is 31.7 Å². The lowest BCUT2D eigenvalue weighted by atomic mass is 10.4. The summed E-state index contributed by atoms with van der Waals surface area (Å²) in [6.45, 7) is 2.19. The van der Waals surface area contributed by atoms with Crippen molar-refractivity contribution in [2.24, 2.45) is 0 Å². The zero-order valence-electron chi connectivity index (χ0n) is 6.58. The number of hydrogen-bond donors (Lipinski definition) is 1. The summed E-state index contributed by atoms with van der Waals surface area (Å²) in [5.74, 6) is 1.18. The molecule has 0 bridgehead atoms. The topological polar surface area (TPSA) is 0 Å². The van der Waals surface area contributed by atoms with Gasteiger partial charge >= 0.3 is 0 Å². The number of hydrogen-bond acceptors (Lipinski definition) is 2. The van der Waals surface area contributed by atoms with E-state index in [0.717, 1.165) is 4.90 Å². The zero-order chi connectivity index (χ0) is 8.10. The monoisotopic (exact) mass is 184 g/mol. The van der Waals surface area contributed by atoms with Crippen LogP contribution in [0, 0.1) is 0 Å². The molecule has 0 N–H and O–H groups in total. The predicted molar refractivity (Wildman–Crippen MR) is 54.7 cm³/mol. The van der Waals surface area contributed by atoms with Crippen LogP contribution in [-0.2, 0) is 0 Å².